The van der Waals surface area contributed by atoms with Gasteiger partial charge in [0.15, 0.2) is 0 Å². The Kier molecular flexibility index (Phi) is 3.39. The van der Waals surface area contributed by atoms with E-state index >= 15 is 0 Å². The van der Waals surface area contributed by atoms with Gasteiger partial charge < -0.3 is 5.11 Å². The summed E-state index contributed by atoms with van der Waals surface area (Å²) in [4.78, 5) is 0. The highest BCUT2D eigenvalue weighted by Gasteiger charge is 2.54. The second-order valence-electron chi connectivity index (χ2n) is 8.96. The maximum atomic E-state index is 10.1. The standard InChI is InChI=1S/C21H32O/c1-4-14-6-8-18-17-7-5-15-13-16(22)9-11-21(15,3)19(17)10-12-20(14,18)2/h5,10,14,16-18,22H,4,6-9,11-13H2,1-3H3/t14-,16-,17-,18-,20+,21-/m0/s1. The molecule has 0 heterocycles. The third-order valence-corrected chi connectivity index (χ3v) is 8.14. The molecular weight excluding hydrogens is 268 g/mol. The lowest BCUT2D eigenvalue weighted by Crippen LogP contribution is -2.44. The lowest BCUT2D eigenvalue weighted by molar-refractivity contribution is 0.0754. The van der Waals surface area contributed by atoms with Gasteiger partial charge in [-0.1, -0.05) is 50.5 Å². The first-order valence-corrected chi connectivity index (χ1v) is 9.57. The molecule has 4 aliphatic rings. The van der Waals surface area contributed by atoms with E-state index in [2.05, 4.69) is 32.9 Å². The predicted molar refractivity (Wildman–Crippen MR) is 91.5 cm³/mol. The van der Waals surface area contributed by atoms with E-state index in [0.29, 0.717) is 5.41 Å². The van der Waals surface area contributed by atoms with Gasteiger partial charge in [0.1, 0.15) is 0 Å². The van der Waals surface area contributed by atoms with Crippen LogP contribution in [-0.4, -0.2) is 11.2 Å². The van der Waals surface area contributed by atoms with Crippen molar-refractivity contribution < 1.29 is 5.11 Å². The average molecular weight is 300 g/mol. The monoisotopic (exact) mass is 300 g/mol. The Balaban J connectivity index is 1.71. The molecule has 4 aliphatic carbocycles. The van der Waals surface area contributed by atoms with E-state index in [-0.39, 0.29) is 11.5 Å². The Bertz CT molecular complexity index is 530. The van der Waals surface area contributed by atoms with E-state index in [1.165, 1.54) is 32.1 Å². The Hall–Kier alpha value is -0.560. The minimum absolute atomic E-state index is 0.0960. The summed E-state index contributed by atoms with van der Waals surface area (Å²) in [6.45, 7) is 7.44. The maximum absolute atomic E-state index is 10.1. The molecule has 0 aromatic rings. The molecule has 0 saturated heterocycles. The highest BCUT2D eigenvalue weighted by Crippen LogP contribution is 2.64. The summed E-state index contributed by atoms with van der Waals surface area (Å²) in [5, 5.41) is 10.1. The summed E-state index contributed by atoms with van der Waals surface area (Å²) < 4.78 is 0. The molecule has 0 aromatic heterocycles. The zero-order valence-corrected chi connectivity index (χ0v) is 14.6. The van der Waals surface area contributed by atoms with Gasteiger partial charge in [0.2, 0.25) is 0 Å². The third kappa shape index (κ3) is 1.87. The first-order chi connectivity index (χ1) is 10.5. The summed E-state index contributed by atoms with van der Waals surface area (Å²) in [7, 11) is 0. The van der Waals surface area contributed by atoms with Crippen molar-refractivity contribution in [1.82, 2.24) is 0 Å². The van der Waals surface area contributed by atoms with Gasteiger partial charge in [-0.05, 0) is 68.1 Å². The van der Waals surface area contributed by atoms with Gasteiger partial charge in [0.05, 0.1) is 6.10 Å². The first-order valence-electron chi connectivity index (χ1n) is 9.57. The third-order valence-electron chi connectivity index (χ3n) is 8.14. The normalized spacial score (nSPS) is 50.5. The molecule has 0 amide bonds. The van der Waals surface area contributed by atoms with Crippen molar-refractivity contribution in [2.45, 2.75) is 78.2 Å². The minimum atomic E-state index is -0.0960. The lowest BCUT2D eigenvalue weighted by Gasteiger charge is -2.53. The van der Waals surface area contributed by atoms with Crippen LogP contribution in [0.5, 0.6) is 0 Å². The van der Waals surface area contributed by atoms with Gasteiger partial charge >= 0.3 is 0 Å². The van der Waals surface area contributed by atoms with Crippen LogP contribution in [0.4, 0.5) is 0 Å². The molecule has 2 saturated carbocycles. The van der Waals surface area contributed by atoms with Crippen LogP contribution in [0.3, 0.4) is 0 Å². The van der Waals surface area contributed by atoms with Gasteiger partial charge in [-0.25, -0.2) is 0 Å². The fourth-order valence-electron chi connectivity index (χ4n) is 6.72. The van der Waals surface area contributed by atoms with E-state index in [4.69, 9.17) is 0 Å². The zero-order valence-electron chi connectivity index (χ0n) is 14.6. The summed E-state index contributed by atoms with van der Waals surface area (Å²) >= 11 is 0. The molecule has 0 aliphatic heterocycles. The van der Waals surface area contributed by atoms with E-state index in [1.54, 1.807) is 11.1 Å². The Labute approximate surface area is 135 Å². The summed E-state index contributed by atoms with van der Waals surface area (Å²) in [5.41, 5.74) is 4.13. The Morgan fingerprint density at radius 3 is 2.77 bits per heavy atom. The minimum Gasteiger partial charge on any atom is -0.393 e. The predicted octanol–water partition coefficient (Wildman–Crippen LogP) is 5.26. The molecule has 4 rings (SSSR count). The van der Waals surface area contributed by atoms with Crippen molar-refractivity contribution in [2.75, 3.05) is 0 Å². The topological polar surface area (TPSA) is 20.2 Å². The van der Waals surface area contributed by atoms with Gasteiger partial charge in [0.25, 0.3) is 0 Å². The van der Waals surface area contributed by atoms with Crippen LogP contribution in [0.25, 0.3) is 0 Å². The lowest BCUT2D eigenvalue weighted by atomic mass is 9.51. The molecule has 0 bridgehead atoms. The number of hydrogen-bond donors (Lipinski definition) is 1. The molecule has 122 valence electrons. The second kappa shape index (κ2) is 4.97. The zero-order chi connectivity index (χ0) is 15.5. The summed E-state index contributed by atoms with van der Waals surface area (Å²) in [6.07, 6.45) is 14.9. The molecule has 0 spiro atoms. The van der Waals surface area contributed by atoms with Crippen LogP contribution < -0.4 is 0 Å². The van der Waals surface area contributed by atoms with E-state index in [0.717, 1.165) is 37.0 Å². The number of aliphatic hydroxyl groups is 1. The molecule has 1 heteroatoms. The second-order valence-corrected chi connectivity index (χ2v) is 8.96. The van der Waals surface area contributed by atoms with E-state index in [1.807, 2.05) is 0 Å². The van der Waals surface area contributed by atoms with Gasteiger partial charge in [0, 0.05) is 5.41 Å². The molecule has 0 aromatic carbocycles. The smallest absolute Gasteiger partial charge is 0.0578 e. The van der Waals surface area contributed by atoms with Crippen molar-refractivity contribution in [2.24, 2.45) is 28.6 Å². The highest BCUT2D eigenvalue weighted by atomic mass is 16.3. The average Bonchev–Trinajstić information content (AvgIpc) is 2.84. The largest absolute Gasteiger partial charge is 0.393 e. The summed E-state index contributed by atoms with van der Waals surface area (Å²) in [5.74, 6) is 2.62. The quantitative estimate of drug-likeness (QED) is 0.655. The number of rotatable bonds is 1. The molecule has 6 atom stereocenters. The molecule has 1 nitrogen and oxygen atoms in total. The number of aliphatic hydroxyl groups excluding tert-OH is 1. The van der Waals surface area contributed by atoms with Crippen LogP contribution in [0.2, 0.25) is 0 Å². The fraction of sp³-hybridized carbons (Fsp3) is 0.810. The Morgan fingerprint density at radius 2 is 2.00 bits per heavy atom. The number of fused-ring (bicyclic) bond motifs is 5. The van der Waals surface area contributed by atoms with Gasteiger partial charge in [-0.3, -0.25) is 0 Å². The molecule has 22 heavy (non-hydrogen) atoms. The van der Waals surface area contributed by atoms with Crippen molar-refractivity contribution in [3.05, 3.63) is 23.3 Å². The SMILES string of the molecule is CC[C@H]1CC[C@H]2[C@@H]3CC=C4C[C@@H](O)CC[C@]4(C)C3=CC[C@]12C. The van der Waals surface area contributed by atoms with E-state index in [9.17, 15) is 5.11 Å². The van der Waals surface area contributed by atoms with Crippen LogP contribution in [0, 0.1) is 28.6 Å². The van der Waals surface area contributed by atoms with Crippen LogP contribution in [-0.2, 0) is 0 Å². The number of allylic oxidation sites excluding steroid dienone is 3. The summed E-state index contributed by atoms with van der Waals surface area (Å²) in [6, 6.07) is 0. The molecule has 0 unspecified atom stereocenters. The molecule has 0 radical (unpaired) electrons. The molecule has 1 N–H and O–H groups in total. The van der Waals surface area contributed by atoms with E-state index < -0.39 is 0 Å². The van der Waals surface area contributed by atoms with Crippen molar-refractivity contribution in [3.63, 3.8) is 0 Å². The first kappa shape index (κ1) is 15.0. The van der Waals surface area contributed by atoms with Crippen LogP contribution in [0.1, 0.15) is 72.1 Å². The van der Waals surface area contributed by atoms with Gasteiger partial charge in [-0.15, -0.1) is 0 Å². The molecular formula is C21H32O. The Morgan fingerprint density at radius 1 is 1.18 bits per heavy atom. The van der Waals surface area contributed by atoms with Crippen LogP contribution in [0.15, 0.2) is 23.3 Å². The van der Waals surface area contributed by atoms with Crippen molar-refractivity contribution in [3.8, 4) is 0 Å². The van der Waals surface area contributed by atoms with Crippen molar-refractivity contribution in [1.29, 1.82) is 0 Å². The highest BCUT2D eigenvalue weighted by molar-refractivity contribution is 5.39. The maximum Gasteiger partial charge on any atom is 0.0578 e. The van der Waals surface area contributed by atoms with Gasteiger partial charge in [-0.2, -0.15) is 0 Å². The van der Waals surface area contributed by atoms with Crippen LogP contribution >= 0.6 is 0 Å². The fourth-order valence-corrected chi connectivity index (χ4v) is 6.72. The van der Waals surface area contributed by atoms with Crippen molar-refractivity contribution >= 4 is 0 Å². The number of hydrogen-bond acceptors (Lipinski definition) is 1. The molecule has 2 fully saturated rings.